The molecule has 1 saturated heterocycles. The van der Waals surface area contributed by atoms with Gasteiger partial charge < -0.3 is 15.5 Å². The van der Waals surface area contributed by atoms with Gasteiger partial charge in [-0.1, -0.05) is 35.9 Å². The zero-order chi connectivity index (χ0) is 19.4. The summed E-state index contributed by atoms with van der Waals surface area (Å²) in [5.74, 6) is -1.05. The summed E-state index contributed by atoms with van der Waals surface area (Å²) in [7, 11) is 0. The van der Waals surface area contributed by atoms with Crippen LogP contribution < -0.4 is 5.73 Å². The van der Waals surface area contributed by atoms with Crippen LogP contribution in [0.15, 0.2) is 42.5 Å². The average molecular weight is 426 g/mol. The summed E-state index contributed by atoms with van der Waals surface area (Å²) < 4.78 is 13.9. The Hall–Kier alpha value is -2.31. The van der Waals surface area contributed by atoms with Crippen molar-refractivity contribution in [2.75, 3.05) is 31.9 Å². The monoisotopic (exact) mass is 425 g/mol. The molecule has 2 aromatic carbocycles. The fraction of sp³-hybridized carbons (Fsp3) is 0.300. The minimum Gasteiger partial charge on any atom is -0.399 e. The lowest BCUT2D eigenvalue weighted by Crippen LogP contribution is -2.50. The highest BCUT2D eigenvalue weighted by Gasteiger charge is 2.27. The summed E-state index contributed by atoms with van der Waals surface area (Å²) >= 11 is 5.97. The molecule has 8 heteroatoms. The highest BCUT2D eigenvalue weighted by molar-refractivity contribution is 6.33. The molecule has 1 heterocycles. The number of amides is 2. The molecule has 0 unspecified atom stereocenters. The molecule has 0 atom stereocenters. The van der Waals surface area contributed by atoms with Crippen LogP contribution in [0.25, 0.3) is 0 Å². The van der Waals surface area contributed by atoms with Crippen LogP contribution in [0.5, 0.6) is 0 Å². The maximum absolute atomic E-state index is 13.9. The lowest BCUT2D eigenvalue weighted by Gasteiger charge is -2.35. The summed E-state index contributed by atoms with van der Waals surface area (Å²) in [5.41, 5.74) is 7.43. The van der Waals surface area contributed by atoms with E-state index < -0.39 is 11.7 Å². The van der Waals surface area contributed by atoms with Crippen molar-refractivity contribution in [2.24, 2.45) is 0 Å². The Morgan fingerprint density at radius 3 is 2.29 bits per heavy atom. The van der Waals surface area contributed by atoms with Gasteiger partial charge in [-0.25, -0.2) is 4.39 Å². The predicted octanol–water partition coefficient (Wildman–Crippen LogP) is 3.40. The number of benzene rings is 2. The fourth-order valence-electron chi connectivity index (χ4n) is 3.18. The molecule has 2 aromatic rings. The quantitative estimate of drug-likeness (QED) is 0.763. The van der Waals surface area contributed by atoms with Crippen molar-refractivity contribution in [1.82, 2.24) is 9.80 Å². The Kier molecular flexibility index (Phi) is 7.66. The van der Waals surface area contributed by atoms with Crippen LogP contribution in [-0.4, -0.2) is 47.8 Å². The lowest BCUT2D eigenvalue weighted by atomic mass is 10.1. The van der Waals surface area contributed by atoms with Crippen LogP contribution in [0.1, 0.15) is 22.3 Å². The molecule has 2 amide bonds. The number of para-hydroxylation sites is 1. The Morgan fingerprint density at radius 2 is 1.64 bits per heavy atom. The van der Waals surface area contributed by atoms with E-state index >= 15 is 0 Å². The second kappa shape index (κ2) is 9.75. The van der Waals surface area contributed by atoms with Crippen molar-refractivity contribution in [3.63, 3.8) is 0 Å². The van der Waals surface area contributed by atoms with Gasteiger partial charge in [0.1, 0.15) is 5.82 Å². The number of rotatable bonds is 4. The molecule has 0 saturated carbocycles. The van der Waals surface area contributed by atoms with Gasteiger partial charge in [0.2, 0.25) is 5.91 Å². The first-order valence-corrected chi connectivity index (χ1v) is 9.19. The zero-order valence-corrected chi connectivity index (χ0v) is 16.8. The van der Waals surface area contributed by atoms with Crippen molar-refractivity contribution in [2.45, 2.75) is 12.8 Å². The van der Waals surface area contributed by atoms with E-state index in [1.165, 1.54) is 23.1 Å². The standard InChI is InChI=1S/C20H21ClFN3O2.ClH/c21-15-5-3-6-16(22)19(15)20(27)25-12-10-24(11-13-25)18(26)9-8-14-4-1-2-7-17(14)23;/h1-7H,8-13,23H2;1H. The molecule has 5 nitrogen and oxygen atoms in total. The van der Waals surface area contributed by atoms with Crippen LogP contribution in [0.4, 0.5) is 10.1 Å². The second-order valence-electron chi connectivity index (χ2n) is 6.47. The smallest absolute Gasteiger partial charge is 0.258 e. The van der Waals surface area contributed by atoms with Crippen molar-refractivity contribution in [3.05, 3.63) is 64.4 Å². The molecule has 0 aromatic heterocycles. The van der Waals surface area contributed by atoms with Gasteiger partial charge in [0.05, 0.1) is 10.6 Å². The molecule has 0 radical (unpaired) electrons. The number of piperazine rings is 1. The lowest BCUT2D eigenvalue weighted by molar-refractivity contribution is -0.132. The van der Waals surface area contributed by atoms with E-state index in [4.69, 9.17) is 17.3 Å². The van der Waals surface area contributed by atoms with E-state index in [0.717, 1.165) is 5.56 Å². The van der Waals surface area contributed by atoms with Crippen LogP contribution >= 0.6 is 24.0 Å². The molecule has 1 aliphatic rings. The number of hydrogen-bond donors (Lipinski definition) is 1. The summed E-state index contributed by atoms with van der Waals surface area (Å²) in [6.07, 6.45) is 0.941. The number of nitrogen functional groups attached to an aromatic ring is 1. The molecule has 2 N–H and O–H groups in total. The third kappa shape index (κ3) is 4.94. The molecule has 3 rings (SSSR count). The van der Waals surface area contributed by atoms with Crippen LogP contribution in [0.2, 0.25) is 5.02 Å². The number of anilines is 1. The van der Waals surface area contributed by atoms with E-state index in [2.05, 4.69) is 0 Å². The number of aryl methyl sites for hydroxylation is 1. The molecule has 150 valence electrons. The Labute approximate surface area is 174 Å². The number of nitrogens with zero attached hydrogens (tertiary/aromatic N) is 2. The summed E-state index contributed by atoms with van der Waals surface area (Å²) in [6.45, 7) is 1.53. The molecular formula is C20H22Cl2FN3O2. The fourth-order valence-corrected chi connectivity index (χ4v) is 3.42. The van der Waals surface area contributed by atoms with Gasteiger partial charge >= 0.3 is 0 Å². The highest BCUT2D eigenvalue weighted by Crippen LogP contribution is 2.22. The summed E-state index contributed by atoms with van der Waals surface area (Å²) in [4.78, 5) is 28.2. The van der Waals surface area contributed by atoms with Crippen molar-refractivity contribution in [3.8, 4) is 0 Å². The molecule has 1 fully saturated rings. The maximum Gasteiger partial charge on any atom is 0.258 e. The van der Waals surface area contributed by atoms with Crippen molar-refractivity contribution >= 4 is 41.5 Å². The van der Waals surface area contributed by atoms with Gasteiger partial charge in [-0.3, -0.25) is 9.59 Å². The predicted molar refractivity (Wildman–Crippen MR) is 110 cm³/mol. The first-order chi connectivity index (χ1) is 13.0. The van der Waals surface area contributed by atoms with E-state index in [1.54, 1.807) is 4.90 Å². The van der Waals surface area contributed by atoms with Gasteiger partial charge in [0, 0.05) is 38.3 Å². The number of halogens is 3. The topological polar surface area (TPSA) is 66.6 Å². The minimum atomic E-state index is -0.633. The largest absolute Gasteiger partial charge is 0.399 e. The van der Waals surface area contributed by atoms with Crippen LogP contribution in [0, 0.1) is 5.82 Å². The van der Waals surface area contributed by atoms with Gasteiger partial charge in [0.15, 0.2) is 0 Å². The van der Waals surface area contributed by atoms with Crippen LogP contribution in [0.3, 0.4) is 0 Å². The Bertz CT molecular complexity index is 835. The maximum atomic E-state index is 13.9. The second-order valence-corrected chi connectivity index (χ2v) is 6.88. The van der Waals surface area contributed by atoms with Crippen molar-refractivity contribution in [1.29, 1.82) is 0 Å². The SMILES string of the molecule is Cl.Nc1ccccc1CCC(=O)N1CCN(C(=O)c2c(F)cccc2Cl)CC1. The third-order valence-corrected chi connectivity index (χ3v) is 5.07. The molecule has 0 bridgehead atoms. The molecule has 0 aliphatic carbocycles. The van der Waals surface area contributed by atoms with Crippen LogP contribution in [-0.2, 0) is 11.2 Å². The average Bonchev–Trinajstić information content (AvgIpc) is 2.67. The summed E-state index contributed by atoms with van der Waals surface area (Å²) in [6, 6.07) is 11.7. The van der Waals surface area contributed by atoms with E-state index in [-0.39, 0.29) is 28.9 Å². The molecule has 0 spiro atoms. The Morgan fingerprint density at radius 1 is 1.00 bits per heavy atom. The highest BCUT2D eigenvalue weighted by atomic mass is 35.5. The van der Waals surface area contributed by atoms with Crippen molar-refractivity contribution < 1.29 is 14.0 Å². The van der Waals surface area contributed by atoms with Gasteiger partial charge in [-0.05, 0) is 30.2 Å². The number of nitrogens with two attached hydrogens (primary N) is 1. The molecule has 28 heavy (non-hydrogen) atoms. The Balaban J connectivity index is 0.00000280. The first-order valence-electron chi connectivity index (χ1n) is 8.82. The van der Waals surface area contributed by atoms with E-state index in [0.29, 0.717) is 44.7 Å². The van der Waals surface area contributed by atoms with Gasteiger partial charge in [-0.2, -0.15) is 0 Å². The molecular weight excluding hydrogens is 404 g/mol. The number of carbonyl (C=O) groups is 2. The minimum absolute atomic E-state index is 0. The zero-order valence-electron chi connectivity index (χ0n) is 15.2. The normalized spacial score (nSPS) is 13.8. The molecule has 1 aliphatic heterocycles. The number of hydrogen-bond acceptors (Lipinski definition) is 3. The third-order valence-electron chi connectivity index (χ3n) is 4.76. The van der Waals surface area contributed by atoms with Gasteiger partial charge in [0.25, 0.3) is 5.91 Å². The van der Waals surface area contributed by atoms with E-state index in [9.17, 15) is 14.0 Å². The first kappa shape index (κ1) is 22.0. The van der Waals surface area contributed by atoms with Gasteiger partial charge in [-0.15, -0.1) is 12.4 Å². The van der Waals surface area contributed by atoms with E-state index in [1.807, 2.05) is 24.3 Å². The summed E-state index contributed by atoms with van der Waals surface area (Å²) in [5, 5.41) is 0.0963. The number of carbonyl (C=O) groups excluding carboxylic acids is 2.